The van der Waals surface area contributed by atoms with Crippen molar-refractivity contribution in [2.24, 2.45) is 18.7 Å². The largest absolute Gasteiger partial charge is 0.330 e. The first-order chi connectivity index (χ1) is 7.19. The average molecular weight is 210 g/mol. The van der Waals surface area contributed by atoms with E-state index in [2.05, 4.69) is 21.7 Å². The fraction of sp³-hybridized carbons (Fsp3) is 0.818. The Balaban J connectivity index is 2.45. The molecule has 0 radical (unpaired) electrons. The van der Waals surface area contributed by atoms with E-state index in [0.717, 1.165) is 37.0 Å². The first-order valence-electron chi connectivity index (χ1n) is 5.74. The zero-order valence-electron chi connectivity index (χ0n) is 10.0. The van der Waals surface area contributed by atoms with Crippen molar-refractivity contribution in [3.8, 4) is 0 Å². The van der Waals surface area contributed by atoms with Gasteiger partial charge < -0.3 is 10.3 Å². The Labute approximate surface area is 91.9 Å². The fourth-order valence-electron chi connectivity index (χ4n) is 1.79. The molecule has 2 N–H and O–H groups in total. The summed E-state index contributed by atoms with van der Waals surface area (Å²) in [4.78, 5) is 0. The molecule has 86 valence electrons. The molecule has 0 aliphatic carbocycles. The van der Waals surface area contributed by atoms with Crippen LogP contribution in [0, 0.1) is 12.8 Å². The van der Waals surface area contributed by atoms with Crippen LogP contribution in [-0.4, -0.2) is 21.3 Å². The minimum atomic E-state index is 0.729. The van der Waals surface area contributed by atoms with Gasteiger partial charge >= 0.3 is 0 Å². The third-order valence-electron chi connectivity index (χ3n) is 3.11. The molecule has 0 amide bonds. The number of hydrogen-bond acceptors (Lipinski definition) is 3. The van der Waals surface area contributed by atoms with Crippen LogP contribution < -0.4 is 5.73 Å². The zero-order valence-corrected chi connectivity index (χ0v) is 10.0. The molecule has 1 unspecified atom stereocenters. The highest BCUT2D eigenvalue weighted by Gasteiger charge is 2.09. The van der Waals surface area contributed by atoms with Crippen molar-refractivity contribution in [2.75, 3.05) is 6.54 Å². The van der Waals surface area contributed by atoms with Crippen molar-refractivity contribution in [3.05, 3.63) is 11.6 Å². The Hall–Kier alpha value is -0.900. The minimum absolute atomic E-state index is 0.729. The second-order valence-electron chi connectivity index (χ2n) is 4.11. The van der Waals surface area contributed by atoms with E-state index in [-0.39, 0.29) is 0 Å². The van der Waals surface area contributed by atoms with Crippen LogP contribution in [0.25, 0.3) is 0 Å². The van der Waals surface area contributed by atoms with Crippen molar-refractivity contribution in [1.29, 1.82) is 0 Å². The van der Waals surface area contributed by atoms with Crippen molar-refractivity contribution in [2.45, 2.75) is 39.5 Å². The van der Waals surface area contributed by atoms with E-state index in [1.807, 2.05) is 14.0 Å². The third kappa shape index (κ3) is 3.30. The van der Waals surface area contributed by atoms with Gasteiger partial charge in [0.2, 0.25) is 0 Å². The summed E-state index contributed by atoms with van der Waals surface area (Å²) >= 11 is 0. The predicted octanol–water partition coefficient (Wildman–Crippen LogP) is 1.43. The molecule has 1 rings (SSSR count). The molecule has 1 atom stereocenters. The van der Waals surface area contributed by atoms with Crippen LogP contribution >= 0.6 is 0 Å². The van der Waals surface area contributed by atoms with Gasteiger partial charge in [-0.2, -0.15) is 0 Å². The quantitative estimate of drug-likeness (QED) is 0.772. The standard InChI is InChI=1S/C11H22N4/c1-4-10(7-8-12)5-6-11-14-13-9(2)15(11)3/h10H,4-8,12H2,1-3H3. The summed E-state index contributed by atoms with van der Waals surface area (Å²) in [7, 11) is 2.02. The van der Waals surface area contributed by atoms with Gasteiger partial charge in [0.05, 0.1) is 0 Å². The van der Waals surface area contributed by atoms with Crippen molar-refractivity contribution in [1.82, 2.24) is 14.8 Å². The van der Waals surface area contributed by atoms with Crippen LogP contribution in [0.4, 0.5) is 0 Å². The lowest BCUT2D eigenvalue weighted by Crippen LogP contribution is -2.10. The molecular formula is C11H22N4. The number of aromatic nitrogens is 3. The summed E-state index contributed by atoms with van der Waals surface area (Å²) < 4.78 is 2.06. The lowest BCUT2D eigenvalue weighted by Gasteiger charge is -2.12. The number of hydrogen-bond donors (Lipinski definition) is 1. The van der Waals surface area contributed by atoms with Crippen LogP contribution in [0.1, 0.15) is 37.8 Å². The summed E-state index contributed by atoms with van der Waals surface area (Å²) in [5.74, 6) is 2.80. The van der Waals surface area contributed by atoms with E-state index >= 15 is 0 Å². The van der Waals surface area contributed by atoms with E-state index in [4.69, 9.17) is 5.73 Å². The summed E-state index contributed by atoms with van der Waals surface area (Å²) in [5, 5.41) is 8.22. The maximum atomic E-state index is 5.57. The van der Waals surface area contributed by atoms with Gasteiger partial charge in [0.25, 0.3) is 0 Å². The van der Waals surface area contributed by atoms with Gasteiger partial charge in [-0.1, -0.05) is 13.3 Å². The third-order valence-corrected chi connectivity index (χ3v) is 3.11. The van der Waals surface area contributed by atoms with E-state index in [1.165, 1.54) is 12.8 Å². The van der Waals surface area contributed by atoms with Gasteiger partial charge in [-0.15, -0.1) is 10.2 Å². The Morgan fingerprint density at radius 3 is 2.53 bits per heavy atom. The van der Waals surface area contributed by atoms with Crippen molar-refractivity contribution < 1.29 is 0 Å². The zero-order chi connectivity index (χ0) is 11.3. The van der Waals surface area contributed by atoms with Crippen LogP contribution in [0.15, 0.2) is 0 Å². The van der Waals surface area contributed by atoms with Crippen LogP contribution in [-0.2, 0) is 13.5 Å². The normalized spacial score (nSPS) is 13.1. The molecule has 1 aromatic heterocycles. The number of nitrogens with zero attached hydrogens (tertiary/aromatic N) is 3. The smallest absolute Gasteiger partial charge is 0.132 e. The molecular weight excluding hydrogens is 188 g/mol. The highest BCUT2D eigenvalue weighted by atomic mass is 15.3. The molecule has 0 aliphatic heterocycles. The first kappa shape index (κ1) is 12.2. The molecule has 1 heterocycles. The highest BCUT2D eigenvalue weighted by molar-refractivity contribution is 4.92. The Morgan fingerprint density at radius 2 is 2.07 bits per heavy atom. The highest BCUT2D eigenvalue weighted by Crippen LogP contribution is 2.15. The van der Waals surface area contributed by atoms with Gasteiger partial charge in [0.1, 0.15) is 11.6 Å². The van der Waals surface area contributed by atoms with Gasteiger partial charge in [-0.05, 0) is 32.2 Å². The summed E-state index contributed by atoms with van der Waals surface area (Å²) in [5.41, 5.74) is 5.57. The molecule has 15 heavy (non-hydrogen) atoms. The van der Waals surface area contributed by atoms with Gasteiger partial charge in [-0.3, -0.25) is 0 Å². The second-order valence-corrected chi connectivity index (χ2v) is 4.11. The lowest BCUT2D eigenvalue weighted by molar-refractivity contribution is 0.436. The lowest BCUT2D eigenvalue weighted by atomic mass is 9.96. The Morgan fingerprint density at radius 1 is 1.33 bits per heavy atom. The number of rotatable bonds is 6. The van der Waals surface area contributed by atoms with Crippen LogP contribution in [0.5, 0.6) is 0 Å². The molecule has 0 aromatic carbocycles. The molecule has 1 aromatic rings. The molecule has 4 nitrogen and oxygen atoms in total. The predicted molar refractivity (Wildman–Crippen MR) is 61.5 cm³/mol. The van der Waals surface area contributed by atoms with E-state index in [1.54, 1.807) is 0 Å². The maximum Gasteiger partial charge on any atom is 0.132 e. The molecule has 0 aliphatic rings. The van der Waals surface area contributed by atoms with E-state index in [9.17, 15) is 0 Å². The topological polar surface area (TPSA) is 56.7 Å². The fourth-order valence-corrected chi connectivity index (χ4v) is 1.79. The summed E-state index contributed by atoms with van der Waals surface area (Å²) in [6.07, 6.45) is 4.50. The maximum absolute atomic E-state index is 5.57. The second kappa shape index (κ2) is 5.85. The molecule has 0 saturated carbocycles. The molecule has 4 heteroatoms. The Kier molecular flexibility index (Phi) is 4.75. The number of nitrogens with two attached hydrogens (primary N) is 1. The summed E-state index contributed by atoms with van der Waals surface area (Å²) in [6, 6.07) is 0. The first-order valence-corrected chi connectivity index (χ1v) is 5.74. The van der Waals surface area contributed by atoms with Gasteiger partial charge in [0, 0.05) is 13.5 Å². The van der Waals surface area contributed by atoms with Crippen molar-refractivity contribution >= 4 is 0 Å². The number of aryl methyl sites for hydroxylation is 2. The average Bonchev–Trinajstić information content (AvgIpc) is 2.55. The van der Waals surface area contributed by atoms with Crippen LogP contribution in [0.3, 0.4) is 0 Å². The van der Waals surface area contributed by atoms with Gasteiger partial charge in [0.15, 0.2) is 0 Å². The molecule has 0 bridgehead atoms. The van der Waals surface area contributed by atoms with Gasteiger partial charge in [-0.25, -0.2) is 0 Å². The summed E-state index contributed by atoms with van der Waals surface area (Å²) in [6.45, 7) is 4.99. The minimum Gasteiger partial charge on any atom is -0.330 e. The SMILES string of the molecule is CCC(CCN)CCc1nnc(C)n1C. The molecule has 0 fully saturated rings. The van der Waals surface area contributed by atoms with Crippen LogP contribution in [0.2, 0.25) is 0 Å². The molecule has 0 saturated heterocycles. The Bertz CT molecular complexity index is 293. The van der Waals surface area contributed by atoms with Crippen molar-refractivity contribution in [3.63, 3.8) is 0 Å². The monoisotopic (exact) mass is 210 g/mol. The van der Waals surface area contributed by atoms with E-state index in [0.29, 0.717) is 0 Å². The van der Waals surface area contributed by atoms with E-state index < -0.39 is 0 Å². The molecule has 0 spiro atoms.